The number of fused-ring (bicyclic) bond motifs is 1. The van der Waals surface area contributed by atoms with Gasteiger partial charge in [-0.2, -0.15) is 0 Å². The Labute approximate surface area is 101 Å². The van der Waals surface area contributed by atoms with Crippen LogP contribution in [0.3, 0.4) is 0 Å². The van der Waals surface area contributed by atoms with Crippen LogP contribution in [0.1, 0.15) is 6.42 Å². The Morgan fingerprint density at radius 3 is 3.06 bits per heavy atom. The van der Waals surface area contributed by atoms with E-state index in [0.717, 1.165) is 25.6 Å². The molecule has 2 atom stereocenters. The molecule has 0 bridgehead atoms. The van der Waals surface area contributed by atoms with Gasteiger partial charge in [-0.3, -0.25) is 9.69 Å². The molecular formula is C13H19N3O. The fourth-order valence-corrected chi connectivity index (χ4v) is 3.02. The zero-order valence-electron chi connectivity index (χ0n) is 10.0. The molecule has 4 heteroatoms. The molecule has 92 valence electrons. The predicted octanol–water partition coefficient (Wildman–Crippen LogP) is 0.142. The van der Waals surface area contributed by atoms with Crippen molar-refractivity contribution in [3.8, 4) is 0 Å². The van der Waals surface area contributed by atoms with Crippen molar-refractivity contribution >= 4 is 0 Å². The van der Waals surface area contributed by atoms with Gasteiger partial charge in [-0.25, -0.2) is 0 Å². The zero-order valence-corrected chi connectivity index (χ0v) is 10.0. The summed E-state index contributed by atoms with van der Waals surface area (Å²) in [6, 6.07) is 6.03. The highest BCUT2D eigenvalue weighted by Crippen LogP contribution is 2.24. The van der Waals surface area contributed by atoms with Crippen molar-refractivity contribution in [3.05, 3.63) is 34.7 Å². The van der Waals surface area contributed by atoms with Gasteiger partial charge in [0.15, 0.2) is 0 Å². The largest absolute Gasteiger partial charge is 0.314 e. The number of aromatic nitrogens is 1. The average molecular weight is 233 g/mol. The number of likely N-dealkylation sites (tertiary alicyclic amines) is 1. The van der Waals surface area contributed by atoms with E-state index in [1.807, 2.05) is 12.3 Å². The number of hydrogen-bond donors (Lipinski definition) is 1. The van der Waals surface area contributed by atoms with Gasteiger partial charge in [0.25, 0.3) is 5.56 Å². The van der Waals surface area contributed by atoms with Crippen molar-refractivity contribution in [2.45, 2.75) is 19.0 Å². The minimum atomic E-state index is 0.102. The molecule has 1 N–H and O–H groups in total. The highest BCUT2D eigenvalue weighted by atomic mass is 16.1. The Morgan fingerprint density at radius 1 is 1.29 bits per heavy atom. The molecule has 0 saturated carbocycles. The topological polar surface area (TPSA) is 37.3 Å². The van der Waals surface area contributed by atoms with Crippen LogP contribution in [0.15, 0.2) is 29.2 Å². The van der Waals surface area contributed by atoms with Gasteiger partial charge < -0.3 is 9.88 Å². The van der Waals surface area contributed by atoms with E-state index in [9.17, 15) is 4.79 Å². The van der Waals surface area contributed by atoms with E-state index in [0.29, 0.717) is 6.04 Å². The van der Waals surface area contributed by atoms with Crippen LogP contribution in [0.25, 0.3) is 0 Å². The molecule has 2 aliphatic rings. The Hall–Kier alpha value is -1.13. The molecule has 2 fully saturated rings. The Kier molecular flexibility index (Phi) is 2.99. The van der Waals surface area contributed by atoms with Crippen molar-refractivity contribution in [1.29, 1.82) is 0 Å². The molecule has 3 heterocycles. The highest BCUT2D eigenvalue weighted by molar-refractivity contribution is 4.95. The quantitative estimate of drug-likeness (QED) is 0.807. The van der Waals surface area contributed by atoms with Gasteiger partial charge in [0.2, 0.25) is 0 Å². The fraction of sp³-hybridized carbons (Fsp3) is 0.615. The van der Waals surface area contributed by atoms with Gasteiger partial charge in [-0.15, -0.1) is 0 Å². The Morgan fingerprint density at radius 2 is 2.24 bits per heavy atom. The summed E-state index contributed by atoms with van der Waals surface area (Å²) in [6.45, 7) is 5.31. The normalized spacial score (nSPS) is 28.5. The van der Waals surface area contributed by atoms with Crippen LogP contribution in [-0.4, -0.2) is 41.7 Å². The number of nitrogens with zero attached hydrogens (tertiary/aromatic N) is 2. The summed E-state index contributed by atoms with van der Waals surface area (Å²) in [5.74, 6) is 0.836. The lowest BCUT2D eigenvalue weighted by Gasteiger charge is -2.17. The molecule has 1 aromatic rings. The molecule has 0 unspecified atom stereocenters. The summed E-state index contributed by atoms with van der Waals surface area (Å²) < 4.78 is 1.79. The van der Waals surface area contributed by atoms with E-state index in [4.69, 9.17) is 0 Å². The van der Waals surface area contributed by atoms with E-state index >= 15 is 0 Å². The van der Waals surface area contributed by atoms with Crippen molar-refractivity contribution in [2.75, 3.05) is 26.2 Å². The number of pyridine rings is 1. The fourth-order valence-electron chi connectivity index (χ4n) is 3.02. The first-order chi connectivity index (χ1) is 8.33. The van der Waals surface area contributed by atoms with E-state index in [1.54, 1.807) is 16.7 Å². The standard InChI is InChI=1S/C13H19N3O/c17-13-3-1-2-6-16(13)8-7-15-9-11-4-5-14-12(11)10-15/h1-3,6,11-12,14H,4-5,7-10H2/t11-,12+/m0/s1. The summed E-state index contributed by atoms with van der Waals surface area (Å²) in [5.41, 5.74) is 0.102. The van der Waals surface area contributed by atoms with E-state index in [1.165, 1.54) is 19.5 Å². The van der Waals surface area contributed by atoms with Gasteiger partial charge in [0.1, 0.15) is 0 Å². The minimum absolute atomic E-state index is 0.102. The molecule has 17 heavy (non-hydrogen) atoms. The second kappa shape index (κ2) is 4.63. The van der Waals surface area contributed by atoms with Crippen molar-refractivity contribution in [1.82, 2.24) is 14.8 Å². The van der Waals surface area contributed by atoms with Crippen molar-refractivity contribution in [3.63, 3.8) is 0 Å². The predicted molar refractivity (Wildman–Crippen MR) is 67.0 cm³/mol. The molecule has 2 saturated heterocycles. The van der Waals surface area contributed by atoms with Crippen LogP contribution in [-0.2, 0) is 6.54 Å². The van der Waals surface area contributed by atoms with Crippen LogP contribution in [0.2, 0.25) is 0 Å². The first kappa shape index (κ1) is 11.0. The summed E-state index contributed by atoms with van der Waals surface area (Å²) in [6.07, 6.45) is 3.18. The number of rotatable bonds is 3. The molecule has 0 aromatic carbocycles. The minimum Gasteiger partial charge on any atom is -0.314 e. The molecule has 3 rings (SSSR count). The molecule has 0 radical (unpaired) electrons. The van der Waals surface area contributed by atoms with E-state index in [2.05, 4.69) is 10.2 Å². The van der Waals surface area contributed by atoms with Crippen LogP contribution < -0.4 is 10.9 Å². The lowest BCUT2D eigenvalue weighted by Crippen LogP contribution is -2.33. The van der Waals surface area contributed by atoms with Gasteiger partial charge in [-0.05, 0) is 24.9 Å². The monoisotopic (exact) mass is 233 g/mol. The van der Waals surface area contributed by atoms with Crippen LogP contribution in [0.4, 0.5) is 0 Å². The summed E-state index contributed by atoms with van der Waals surface area (Å²) in [4.78, 5) is 14.0. The maximum absolute atomic E-state index is 11.6. The Balaban J connectivity index is 1.56. The number of hydrogen-bond acceptors (Lipinski definition) is 3. The first-order valence-electron chi connectivity index (χ1n) is 6.44. The maximum Gasteiger partial charge on any atom is 0.250 e. The highest BCUT2D eigenvalue weighted by Gasteiger charge is 2.35. The average Bonchev–Trinajstić information content (AvgIpc) is 2.88. The van der Waals surface area contributed by atoms with Gasteiger partial charge in [-0.1, -0.05) is 6.07 Å². The van der Waals surface area contributed by atoms with E-state index in [-0.39, 0.29) is 5.56 Å². The number of nitrogens with one attached hydrogen (secondary N) is 1. The third-order valence-electron chi connectivity index (χ3n) is 3.99. The summed E-state index contributed by atoms with van der Waals surface area (Å²) in [5, 5.41) is 3.55. The van der Waals surface area contributed by atoms with Crippen LogP contribution >= 0.6 is 0 Å². The molecule has 0 aliphatic carbocycles. The SMILES string of the molecule is O=c1ccccn1CCN1C[C@@H]2CCN[C@@H]2C1. The molecular weight excluding hydrogens is 214 g/mol. The summed E-state index contributed by atoms with van der Waals surface area (Å²) >= 11 is 0. The molecule has 2 aliphatic heterocycles. The zero-order chi connectivity index (χ0) is 11.7. The molecule has 1 aromatic heterocycles. The smallest absolute Gasteiger partial charge is 0.250 e. The van der Waals surface area contributed by atoms with Gasteiger partial charge in [0.05, 0.1) is 0 Å². The van der Waals surface area contributed by atoms with Crippen molar-refractivity contribution < 1.29 is 0 Å². The van der Waals surface area contributed by atoms with Crippen LogP contribution in [0.5, 0.6) is 0 Å². The van der Waals surface area contributed by atoms with Gasteiger partial charge in [0, 0.05) is 44.5 Å². The third kappa shape index (κ3) is 2.28. The van der Waals surface area contributed by atoms with Crippen LogP contribution in [0, 0.1) is 5.92 Å². The molecule has 4 nitrogen and oxygen atoms in total. The molecule has 0 spiro atoms. The maximum atomic E-state index is 11.6. The Bertz CT molecular complexity index is 430. The molecule has 0 amide bonds. The summed E-state index contributed by atoms with van der Waals surface area (Å²) in [7, 11) is 0. The lowest BCUT2D eigenvalue weighted by molar-refractivity contribution is 0.299. The third-order valence-corrected chi connectivity index (χ3v) is 3.99. The van der Waals surface area contributed by atoms with E-state index < -0.39 is 0 Å². The van der Waals surface area contributed by atoms with Gasteiger partial charge >= 0.3 is 0 Å². The second-order valence-corrected chi connectivity index (χ2v) is 5.10. The second-order valence-electron chi connectivity index (χ2n) is 5.10. The van der Waals surface area contributed by atoms with Crippen molar-refractivity contribution in [2.24, 2.45) is 5.92 Å². The first-order valence-corrected chi connectivity index (χ1v) is 6.44. The lowest BCUT2D eigenvalue weighted by atomic mass is 10.1.